The number of aromatic nitrogens is 2. The maximum Gasteiger partial charge on any atom is 0.152 e. The van der Waals surface area contributed by atoms with Crippen molar-refractivity contribution < 1.29 is 4.74 Å². The normalized spacial score (nSPS) is 16.6. The molecule has 0 unspecified atom stereocenters. The molecule has 2 aromatic heterocycles. The molecular formula is C12H14BrN3O. The van der Waals surface area contributed by atoms with Gasteiger partial charge in [-0.15, -0.1) is 0 Å². The highest BCUT2D eigenvalue weighted by Crippen LogP contribution is 2.24. The molecule has 3 heterocycles. The van der Waals surface area contributed by atoms with Crippen molar-refractivity contribution in [1.82, 2.24) is 9.38 Å². The molecule has 3 rings (SSSR count). The standard InChI is InChI=1S/C12H14BrN3O/c13-9-10-12(15-5-7-17-8-6-15)14-11-3-1-2-4-16(10)11/h1-4H,5-9H2. The number of nitrogens with zero attached hydrogens (tertiary/aromatic N) is 3. The van der Waals surface area contributed by atoms with Gasteiger partial charge >= 0.3 is 0 Å². The van der Waals surface area contributed by atoms with Gasteiger partial charge in [0.1, 0.15) is 5.65 Å². The average molecular weight is 296 g/mol. The summed E-state index contributed by atoms with van der Waals surface area (Å²) in [5.41, 5.74) is 2.21. The number of ether oxygens (including phenoxy) is 1. The molecule has 1 aliphatic heterocycles. The Morgan fingerprint density at radius 1 is 1.29 bits per heavy atom. The minimum absolute atomic E-state index is 0.787. The number of hydrogen-bond donors (Lipinski definition) is 0. The summed E-state index contributed by atoms with van der Waals surface area (Å²) in [5, 5.41) is 0.810. The predicted molar refractivity (Wildman–Crippen MR) is 70.9 cm³/mol. The van der Waals surface area contributed by atoms with Crippen molar-refractivity contribution in [2.45, 2.75) is 5.33 Å². The van der Waals surface area contributed by atoms with Crippen LogP contribution in [0, 0.1) is 0 Å². The summed E-state index contributed by atoms with van der Waals surface area (Å²) in [7, 11) is 0. The second kappa shape index (κ2) is 4.66. The monoisotopic (exact) mass is 295 g/mol. The van der Waals surface area contributed by atoms with E-state index in [1.54, 1.807) is 0 Å². The lowest BCUT2D eigenvalue weighted by Gasteiger charge is -2.27. The van der Waals surface area contributed by atoms with Crippen LogP contribution < -0.4 is 4.90 Å². The summed E-state index contributed by atoms with van der Waals surface area (Å²) in [5.74, 6) is 1.08. The van der Waals surface area contributed by atoms with Gasteiger partial charge in [0.05, 0.1) is 18.9 Å². The van der Waals surface area contributed by atoms with E-state index in [1.807, 2.05) is 18.2 Å². The Morgan fingerprint density at radius 2 is 2.12 bits per heavy atom. The third kappa shape index (κ3) is 1.93. The zero-order chi connectivity index (χ0) is 11.7. The van der Waals surface area contributed by atoms with Crippen molar-refractivity contribution in [2.75, 3.05) is 31.2 Å². The lowest BCUT2D eigenvalue weighted by Crippen LogP contribution is -2.37. The first kappa shape index (κ1) is 11.0. The molecular weight excluding hydrogens is 282 g/mol. The average Bonchev–Trinajstić information content (AvgIpc) is 2.78. The largest absolute Gasteiger partial charge is 0.378 e. The number of halogens is 1. The molecule has 1 saturated heterocycles. The summed E-state index contributed by atoms with van der Waals surface area (Å²) >= 11 is 3.56. The van der Waals surface area contributed by atoms with Crippen LogP contribution >= 0.6 is 15.9 Å². The summed E-state index contributed by atoms with van der Waals surface area (Å²) in [6, 6.07) is 6.09. The second-order valence-corrected chi connectivity index (χ2v) is 4.60. The molecule has 0 aliphatic carbocycles. The smallest absolute Gasteiger partial charge is 0.152 e. The molecule has 0 spiro atoms. The maximum atomic E-state index is 5.38. The van der Waals surface area contributed by atoms with E-state index in [0.717, 1.165) is 43.1 Å². The SMILES string of the molecule is BrCc1c(N2CCOCC2)nc2ccccn12. The summed E-state index contributed by atoms with van der Waals surface area (Å²) in [4.78, 5) is 7.01. The fourth-order valence-electron chi connectivity index (χ4n) is 2.19. The van der Waals surface area contributed by atoms with Gasteiger partial charge in [0.2, 0.25) is 0 Å². The third-order valence-corrected chi connectivity index (χ3v) is 3.58. The number of hydrogen-bond acceptors (Lipinski definition) is 3. The second-order valence-electron chi connectivity index (χ2n) is 4.04. The van der Waals surface area contributed by atoms with Gasteiger partial charge in [-0.1, -0.05) is 22.0 Å². The van der Waals surface area contributed by atoms with Crippen molar-refractivity contribution in [2.24, 2.45) is 0 Å². The lowest BCUT2D eigenvalue weighted by molar-refractivity contribution is 0.122. The van der Waals surface area contributed by atoms with Crippen LogP contribution in [-0.4, -0.2) is 35.7 Å². The van der Waals surface area contributed by atoms with Crippen molar-refractivity contribution in [3.05, 3.63) is 30.1 Å². The highest BCUT2D eigenvalue weighted by molar-refractivity contribution is 9.08. The topological polar surface area (TPSA) is 29.8 Å². The molecule has 1 fully saturated rings. The first-order valence-electron chi connectivity index (χ1n) is 5.75. The van der Waals surface area contributed by atoms with Crippen LogP contribution in [0.25, 0.3) is 5.65 Å². The summed E-state index contributed by atoms with van der Waals surface area (Å²) < 4.78 is 7.52. The molecule has 2 aromatic rings. The zero-order valence-electron chi connectivity index (χ0n) is 9.47. The van der Waals surface area contributed by atoms with E-state index in [-0.39, 0.29) is 0 Å². The number of pyridine rings is 1. The van der Waals surface area contributed by atoms with E-state index >= 15 is 0 Å². The minimum Gasteiger partial charge on any atom is -0.378 e. The zero-order valence-corrected chi connectivity index (χ0v) is 11.1. The first-order chi connectivity index (χ1) is 8.40. The molecule has 0 aromatic carbocycles. The Morgan fingerprint density at radius 3 is 2.88 bits per heavy atom. The molecule has 0 N–H and O–H groups in total. The molecule has 1 aliphatic rings. The van der Waals surface area contributed by atoms with Crippen LogP contribution in [-0.2, 0) is 10.1 Å². The van der Waals surface area contributed by atoms with E-state index in [0.29, 0.717) is 0 Å². The van der Waals surface area contributed by atoms with Gasteiger partial charge in [0.15, 0.2) is 5.82 Å². The van der Waals surface area contributed by atoms with Crippen LogP contribution in [0.4, 0.5) is 5.82 Å². The quantitative estimate of drug-likeness (QED) is 0.795. The van der Waals surface area contributed by atoms with Gasteiger partial charge < -0.3 is 14.0 Å². The lowest BCUT2D eigenvalue weighted by atomic mass is 10.3. The Kier molecular flexibility index (Phi) is 3.03. The predicted octanol–water partition coefficient (Wildman–Crippen LogP) is 2.07. The number of alkyl halides is 1. The molecule has 0 bridgehead atoms. The van der Waals surface area contributed by atoms with E-state index in [9.17, 15) is 0 Å². The third-order valence-electron chi connectivity index (χ3n) is 3.04. The number of morpholine rings is 1. The van der Waals surface area contributed by atoms with Crippen LogP contribution in [0.15, 0.2) is 24.4 Å². The van der Waals surface area contributed by atoms with Gasteiger partial charge in [-0.2, -0.15) is 0 Å². The molecule has 4 nitrogen and oxygen atoms in total. The molecule has 0 radical (unpaired) electrons. The van der Waals surface area contributed by atoms with Gasteiger partial charge in [0.25, 0.3) is 0 Å². The first-order valence-corrected chi connectivity index (χ1v) is 6.87. The molecule has 0 atom stereocenters. The Bertz CT molecular complexity index is 519. The Labute approximate surface area is 108 Å². The van der Waals surface area contributed by atoms with Crippen LogP contribution in [0.5, 0.6) is 0 Å². The molecule has 0 saturated carbocycles. The van der Waals surface area contributed by atoms with Crippen molar-refractivity contribution in [1.29, 1.82) is 0 Å². The van der Waals surface area contributed by atoms with Crippen LogP contribution in [0.1, 0.15) is 5.69 Å². The number of imidazole rings is 1. The van der Waals surface area contributed by atoms with Crippen LogP contribution in [0.2, 0.25) is 0 Å². The fraction of sp³-hybridized carbons (Fsp3) is 0.417. The minimum atomic E-state index is 0.787. The molecule has 5 heteroatoms. The summed E-state index contributed by atoms with van der Waals surface area (Å²) in [6.45, 7) is 3.42. The number of fused-ring (bicyclic) bond motifs is 1. The number of rotatable bonds is 2. The Hall–Kier alpha value is -1.07. The highest BCUT2D eigenvalue weighted by atomic mass is 79.9. The summed E-state index contributed by atoms with van der Waals surface area (Å²) in [6.07, 6.45) is 2.06. The Balaban J connectivity index is 2.08. The van der Waals surface area contributed by atoms with E-state index < -0.39 is 0 Å². The van der Waals surface area contributed by atoms with Gasteiger partial charge in [0, 0.05) is 24.6 Å². The molecule has 0 amide bonds. The van der Waals surface area contributed by atoms with Gasteiger partial charge in [-0.3, -0.25) is 0 Å². The van der Waals surface area contributed by atoms with Gasteiger partial charge in [-0.25, -0.2) is 4.98 Å². The van der Waals surface area contributed by atoms with E-state index in [2.05, 4.69) is 31.4 Å². The van der Waals surface area contributed by atoms with Crippen LogP contribution in [0.3, 0.4) is 0 Å². The molecule has 17 heavy (non-hydrogen) atoms. The highest BCUT2D eigenvalue weighted by Gasteiger charge is 2.19. The maximum absolute atomic E-state index is 5.38. The van der Waals surface area contributed by atoms with E-state index in [4.69, 9.17) is 9.72 Å². The number of anilines is 1. The van der Waals surface area contributed by atoms with Crippen molar-refractivity contribution >= 4 is 27.4 Å². The van der Waals surface area contributed by atoms with E-state index in [1.165, 1.54) is 5.69 Å². The molecule has 90 valence electrons. The fourth-order valence-corrected chi connectivity index (χ4v) is 2.71. The van der Waals surface area contributed by atoms with Crippen molar-refractivity contribution in [3.63, 3.8) is 0 Å². The van der Waals surface area contributed by atoms with Gasteiger partial charge in [-0.05, 0) is 12.1 Å². The van der Waals surface area contributed by atoms with Crippen molar-refractivity contribution in [3.8, 4) is 0 Å².